The molecule has 0 unspecified atom stereocenters. The van der Waals surface area contributed by atoms with Gasteiger partial charge in [0.2, 0.25) is 0 Å². The van der Waals surface area contributed by atoms with Crippen LogP contribution in [0.2, 0.25) is 0 Å². The van der Waals surface area contributed by atoms with Crippen molar-refractivity contribution in [2.45, 2.75) is 39.5 Å². The van der Waals surface area contributed by atoms with Crippen molar-refractivity contribution in [1.29, 1.82) is 0 Å². The van der Waals surface area contributed by atoms with Crippen LogP contribution in [0.3, 0.4) is 0 Å². The van der Waals surface area contributed by atoms with E-state index in [0.717, 1.165) is 25.7 Å². The molecule has 0 aromatic rings. The maximum Gasteiger partial charge on any atom is 0.329 e. The number of amides is 4. The molecular weight excluding hydrogens is 242 g/mol. The van der Waals surface area contributed by atoms with Gasteiger partial charge in [0.1, 0.15) is 0 Å². The van der Waals surface area contributed by atoms with E-state index in [1.807, 2.05) is 0 Å². The van der Waals surface area contributed by atoms with E-state index in [4.69, 9.17) is 0 Å². The van der Waals surface area contributed by atoms with Crippen molar-refractivity contribution < 1.29 is 9.59 Å². The maximum absolute atomic E-state index is 12.2. The molecule has 0 N–H and O–H groups in total. The van der Waals surface area contributed by atoms with E-state index in [1.165, 1.54) is 4.90 Å². The van der Waals surface area contributed by atoms with Crippen LogP contribution in [0, 0.1) is 0 Å². The Balaban J connectivity index is 2.75. The Bertz CT molecular complexity index is 305. The molecule has 1 aliphatic heterocycles. The average Bonchev–Trinajstić information content (AvgIpc) is 2.41. The van der Waals surface area contributed by atoms with Crippen LogP contribution < -0.4 is 0 Å². The SMILES string of the molecule is C=CCN1C(=O)N(CCCC)CN(CCCC)C1=O. The highest BCUT2D eigenvalue weighted by Gasteiger charge is 2.35. The predicted octanol–water partition coefficient (Wildman–Crippen LogP) is 2.89. The Morgan fingerprint density at radius 1 is 1.05 bits per heavy atom. The fourth-order valence-electron chi connectivity index (χ4n) is 2.07. The third-order valence-electron chi connectivity index (χ3n) is 3.22. The summed E-state index contributed by atoms with van der Waals surface area (Å²) in [6, 6.07) is -0.378. The molecule has 0 aromatic carbocycles. The molecule has 1 fully saturated rings. The average molecular weight is 267 g/mol. The van der Waals surface area contributed by atoms with Crippen molar-refractivity contribution in [3.63, 3.8) is 0 Å². The molecule has 0 radical (unpaired) electrons. The topological polar surface area (TPSA) is 43.9 Å². The highest BCUT2D eigenvalue weighted by atomic mass is 16.2. The molecule has 0 aromatic heterocycles. The monoisotopic (exact) mass is 267 g/mol. The van der Waals surface area contributed by atoms with Crippen molar-refractivity contribution in [3.8, 4) is 0 Å². The van der Waals surface area contributed by atoms with E-state index in [1.54, 1.807) is 15.9 Å². The van der Waals surface area contributed by atoms with E-state index in [-0.39, 0.29) is 18.6 Å². The van der Waals surface area contributed by atoms with Gasteiger partial charge in [-0.3, -0.25) is 0 Å². The summed E-state index contributed by atoms with van der Waals surface area (Å²) in [5.74, 6) is 0. The molecule has 5 nitrogen and oxygen atoms in total. The molecule has 0 bridgehead atoms. The molecular formula is C14H25N3O2. The van der Waals surface area contributed by atoms with Crippen LogP contribution >= 0.6 is 0 Å². The van der Waals surface area contributed by atoms with Gasteiger partial charge in [0.25, 0.3) is 0 Å². The molecule has 108 valence electrons. The summed E-state index contributed by atoms with van der Waals surface area (Å²) in [5.41, 5.74) is 0. The molecule has 1 heterocycles. The van der Waals surface area contributed by atoms with Gasteiger partial charge in [-0.05, 0) is 12.8 Å². The number of carbonyl (C=O) groups excluding carboxylic acids is 2. The molecule has 0 saturated carbocycles. The first-order valence-electron chi connectivity index (χ1n) is 7.11. The van der Waals surface area contributed by atoms with E-state index < -0.39 is 0 Å². The van der Waals surface area contributed by atoms with Crippen molar-refractivity contribution in [2.75, 3.05) is 26.3 Å². The Morgan fingerprint density at radius 3 is 1.89 bits per heavy atom. The lowest BCUT2D eigenvalue weighted by molar-refractivity contribution is 0.0802. The van der Waals surface area contributed by atoms with Gasteiger partial charge < -0.3 is 9.80 Å². The van der Waals surface area contributed by atoms with E-state index in [2.05, 4.69) is 20.4 Å². The Kier molecular flexibility index (Phi) is 6.39. The number of urea groups is 2. The number of carbonyl (C=O) groups is 2. The fraction of sp³-hybridized carbons (Fsp3) is 0.714. The fourth-order valence-corrected chi connectivity index (χ4v) is 2.07. The standard InChI is InChI=1S/C14H25N3O2/c1-4-7-10-15-12-16(11-8-5-2)14(19)17(9-6-3)13(15)18/h6H,3-5,7-12H2,1-2H3. The molecule has 1 saturated heterocycles. The van der Waals surface area contributed by atoms with Crippen LogP contribution in [0.5, 0.6) is 0 Å². The lowest BCUT2D eigenvalue weighted by Crippen LogP contribution is -2.61. The van der Waals surface area contributed by atoms with Gasteiger partial charge in [0, 0.05) is 13.1 Å². The highest BCUT2D eigenvalue weighted by Crippen LogP contribution is 2.14. The number of nitrogens with zero attached hydrogens (tertiary/aromatic N) is 3. The van der Waals surface area contributed by atoms with Crippen molar-refractivity contribution in [1.82, 2.24) is 14.7 Å². The first-order valence-corrected chi connectivity index (χ1v) is 7.11. The second-order valence-corrected chi connectivity index (χ2v) is 4.84. The molecule has 5 heteroatoms. The predicted molar refractivity (Wildman–Crippen MR) is 75.8 cm³/mol. The Morgan fingerprint density at radius 2 is 1.53 bits per heavy atom. The van der Waals surface area contributed by atoms with Gasteiger partial charge in [-0.2, -0.15) is 0 Å². The van der Waals surface area contributed by atoms with Crippen LogP contribution in [0.15, 0.2) is 12.7 Å². The molecule has 0 spiro atoms. The van der Waals surface area contributed by atoms with Crippen molar-refractivity contribution in [3.05, 3.63) is 12.7 Å². The van der Waals surface area contributed by atoms with Crippen LogP contribution in [0.25, 0.3) is 0 Å². The van der Waals surface area contributed by atoms with E-state index in [9.17, 15) is 9.59 Å². The molecule has 4 amide bonds. The van der Waals surface area contributed by atoms with Crippen LogP contribution in [-0.4, -0.2) is 53.1 Å². The largest absolute Gasteiger partial charge is 0.329 e. The van der Waals surface area contributed by atoms with Gasteiger partial charge in [-0.25, -0.2) is 14.5 Å². The Labute approximate surface area is 115 Å². The molecule has 1 aliphatic rings. The maximum atomic E-state index is 12.2. The minimum absolute atomic E-state index is 0.189. The van der Waals surface area contributed by atoms with Crippen LogP contribution in [0.4, 0.5) is 9.59 Å². The van der Waals surface area contributed by atoms with Crippen LogP contribution in [0.1, 0.15) is 39.5 Å². The van der Waals surface area contributed by atoms with Crippen molar-refractivity contribution >= 4 is 12.1 Å². The summed E-state index contributed by atoms with van der Waals surface area (Å²) in [4.78, 5) is 29.2. The molecule has 1 rings (SSSR count). The number of rotatable bonds is 8. The molecule has 0 atom stereocenters. The summed E-state index contributed by atoms with van der Waals surface area (Å²) >= 11 is 0. The van der Waals surface area contributed by atoms with Gasteiger partial charge >= 0.3 is 12.1 Å². The minimum Gasteiger partial charge on any atom is -0.306 e. The number of hydrogen-bond acceptors (Lipinski definition) is 2. The summed E-state index contributed by atoms with van der Waals surface area (Å²) in [6.45, 7) is 9.92. The van der Waals surface area contributed by atoms with E-state index >= 15 is 0 Å². The third-order valence-corrected chi connectivity index (χ3v) is 3.22. The van der Waals surface area contributed by atoms with E-state index in [0.29, 0.717) is 19.8 Å². The van der Waals surface area contributed by atoms with Crippen molar-refractivity contribution in [2.24, 2.45) is 0 Å². The first-order chi connectivity index (χ1) is 9.15. The first kappa shape index (κ1) is 15.5. The summed E-state index contributed by atoms with van der Waals surface area (Å²) < 4.78 is 0. The summed E-state index contributed by atoms with van der Waals surface area (Å²) in [6.07, 6.45) is 5.59. The van der Waals surface area contributed by atoms with Gasteiger partial charge in [-0.15, -0.1) is 6.58 Å². The Hall–Kier alpha value is -1.52. The second kappa shape index (κ2) is 7.81. The number of unbranched alkanes of at least 4 members (excludes halogenated alkanes) is 2. The zero-order valence-electron chi connectivity index (χ0n) is 12.1. The summed E-state index contributed by atoms with van der Waals surface area (Å²) in [7, 11) is 0. The quantitative estimate of drug-likeness (QED) is 0.635. The van der Waals surface area contributed by atoms with Crippen LogP contribution in [-0.2, 0) is 0 Å². The van der Waals surface area contributed by atoms with Gasteiger partial charge in [0.05, 0.1) is 13.2 Å². The third kappa shape index (κ3) is 3.98. The number of hydrogen-bond donors (Lipinski definition) is 0. The smallest absolute Gasteiger partial charge is 0.306 e. The highest BCUT2D eigenvalue weighted by molar-refractivity contribution is 5.95. The molecule has 19 heavy (non-hydrogen) atoms. The normalized spacial score (nSPS) is 16.2. The minimum atomic E-state index is -0.189. The number of imide groups is 1. The summed E-state index contributed by atoms with van der Waals surface area (Å²) in [5, 5.41) is 0. The zero-order valence-corrected chi connectivity index (χ0v) is 12.1. The molecule has 0 aliphatic carbocycles. The lowest BCUT2D eigenvalue weighted by Gasteiger charge is -2.40. The van der Waals surface area contributed by atoms with Gasteiger partial charge in [0.15, 0.2) is 0 Å². The lowest BCUT2D eigenvalue weighted by atomic mass is 10.3. The zero-order chi connectivity index (χ0) is 14.3. The van der Waals surface area contributed by atoms with Gasteiger partial charge in [-0.1, -0.05) is 32.8 Å². The second-order valence-electron chi connectivity index (χ2n) is 4.84.